The van der Waals surface area contributed by atoms with Crippen molar-refractivity contribution in [2.45, 2.75) is 13.3 Å². The van der Waals surface area contributed by atoms with Crippen LogP contribution >= 0.6 is 23.2 Å². The molecule has 2 N–H and O–H groups in total. The summed E-state index contributed by atoms with van der Waals surface area (Å²) >= 11 is 11.6. The van der Waals surface area contributed by atoms with Crippen LogP contribution in [0.4, 0.5) is 5.69 Å². The number of rotatable bonds is 7. The molecule has 0 atom stereocenters. The van der Waals surface area contributed by atoms with Gasteiger partial charge in [0.05, 0.1) is 23.0 Å². The number of amides is 1. The van der Waals surface area contributed by atoms with Gasteiger partial charge in [-0.3, -0.25) is 14.5 Å². The summed E-state index contributed by atoms with van der Waals surface area (Å²) in [5.41, 5.74) is 0.554. The maximum Gasteiger partial charge on any atom is 0.304 e. The van der Waals surface area contributed by atoms with Crippen LogP contribution in [0.15, 0.2) is 18.2 Å². The van der Waals surface area contributed by atoms with Crippen LogP contribution in [0.3, 0.4) is 0 Å². The second-order valence-electron chi connectivity index (χ2n) is 4.19. The van der Waals surface area contributed by atoms with E-state index in [0.29, 0.717) is 28.8 Å². The second-order valence-corrected chi connectivity index (χ2v) is 5.00. The van der Waals surface area contributed by atoms with E-state index in [1.54, 1.807) is 23.1 Å². The molecular weight excluding hydrogens is 303 g/mol. The van der Waals surface area contributed by atoms with Crippen LogP contribution in [0.25, 0.3) is 0 Å². The fraction of sp³-hybridized carbons (Fsp3) is 0.385. The Kier molecular flexibility index (Phi) is 6.78. The summed E-state index contributed by atoms with van der Waals surface area (Å²) in [7, 11) is 0. The summed E-state index contributed by atoms with van der Waals surface area (Å²) in [6.07, 6.45) is 0.00783. The second kappa shape index (κ2) is 8.09. The number of benzene rings is 1. The SMILES string of the molecule is CCN(CCC(=O)O)CC(=O)Nc1ccc(Cl)c(Cl)c1. The number of carbonyl (C=O) groups excluding carboxylic acids is 1. The number of carboxylic acid groups (broad SMARTS) is 1. The summed E-state index contributed by atoms with van der Waals surface area (Å²) in [5.74, 6) is -1.11. The largest absolute Gasteiger partial charge is 0.481 e. The first kappa shape index (κ1) is 16.8. The Bertz CT molecular complexity index is 495. The molecule has 0 unspecified atom stereocenters. The molecule has 1 amide bonds. The Labute approximate surface area is 127 Å². The molecule has 5 nitrogen and oxygen atoms in total. The van der Waals surface area contributed by atoms with E-state index in [0.717, 1.165) is 0 Å². The zero-order valence-corrected chi connectivity index (χ0v) is 12.5. The molecule has 1 rings (SSSR count). The first-order valence-corrected chi connectivity index (χ1v) is 6.87. The van der Waals surface area contributed by atoms with Crippen molar-refractivity contribution in [2.75, 3.05) is 25.0 Å². The molecule has 20 heavy (non-hydrogen) atoms. The number of carboxylic acids is 1. The standard InChI is InChI=1S/C13H16Cl2N2O3/c1-2-17(6-5-13(19)20)8-12(18)16-9-3-4-10(14)11(15)7-9/h3-4,7H,2,5-6,8H2,1H3,(H,16,18)(H,19,20). The first-order valence-electron chi connectivity index (χ1n) is 6.11. The highest BCUT2D eigenvalue weighted by molar-refractivity contribution is 6.42. The predicted molar refractivity (Wildman–Crippen MR) is 79.5 cm³/mol. The van der Waals surface area contributed by atoms with Gasteiger partial charge in [-0.15, -0.1) is 0 Å². The lowest BCUT2D eigenvalue weighted by molar-refractivity contribution is -0.137. The molecule has 0 bridgehead atoms. The minimum Gasteiger partial charge on any atom is -0.481 e. The van der Waals surface area contributed by atoms with E-state index < -0.39 is 5.97 Å². The van der Waals surface area contributed by atoms with Gasteiger partial charge in [-0.25, -0.2) is 0 Å². The van der Waals surface area contributed by atoms with Crippen molar-refractivity contribution >= 4 is 40.8 Å². The summed E-state index contributed by atoms with van der Waals surface area (Å²) in [6, 6.07) is 4.82. The summed E-state index contributed by atoms with van der Waals surface area (Å²) in [6.45, 7) is 2.93. The van der Waals surface area contributed by atoms with Gasteiger partial charge in [-0.1, -0.05) is 30.1 Å². The summed E-state index contributed by atoms with van der Waals surface area (Å²) in [4.78, 5) is 24.1. The van der Waals surface area contributed by atoms with Crippen LogP contribution in [0, 0.1) is 0 Å². The van der Waals surface area contributed by atoms with Crippen molar-refractivity contribution in [3.63, 3.8) is 0 Å². The van der Waals surface area contributed by atoms with Crippen molar-refractivity contribution in [2.24, 2.45) is 0 Å². The molecule has 0 aliphatic heterocycles. The maximum atomic E-state index is 11.8. The third-order valence-electron chi connectivity index (χ3n) is 2.66. The number of nitrogens with zero attached hydrogens (tertiary/aromatic N) is 1. The highest BCUT2D eigenvalue weighted by Gasteiger charge is 2.11. The number of carbonyl (C=O) groups is 2. The lowest BCUT2D eigenvalue weighted by Crippen LogP contribution is -2.34. The van der Waals surface area contributed by atoms with E-state index >= 15 is 0 Å². The number of nitrogens with one attached hydrogen (secondary N) is 1. The maximum absolute atomic E-state index is 11.8. The Morgan fingerprint density at radius 2 is 2.00 bits per heavy atom. The fourth-order valence-electron chi connectivity index (χ4n) is 1.58. The van der Waals surface area contributed by atoms with E-state index in [2.05, 4.69) is 5.32 Å². The summed E-state index contributed by atoms with van der Waals surface area (Å²) in [5, 5.41) is 12.1. The zero-order valence-electron chi connectivity index (χ0n) is 11.0. The Balaban J connectivity index is 2.52. The van der Waals surface area contributed by atoms with Gasteiger partial charge in [0.25, 0.3) is 0 Å². The Hall–Kier alpha value is -1.30. The van der Waals surface area contributed by atoms with Gasteiger partial charge >= 0.3 is 5.97 Å². The number of aliphatic carboxylic acids is 1. The van der Waals surface area contributed by atoms with E-state index in [1.807, 2.05) is 6.92 Å². The van der Waals surface area contributed by atoms with Gasteiger partial charge in [-0.05, 0) is 24.7 Å². The van der Waals surface area contributed by atoms with Gasteiger partial charge < -0.3 is 10.4 Å². The molecule has 0 aliphatic rings. The highest BCUT2D eigenvalue weighted by Crippen LogP contribution is 2.24. The van der Waals surface area contributed by atoms with Crippen molar-refractivity contribution in [1.82, 2.24) is 4.90 Å². The molecule has 7 heteroatoms. The number of halogens is 2. The number of hydrogen-bond donors (Lipinski definition) is 2. The monoisotopic (exact) mass is 318 g/mol. The summed E-state index contributed by atoms with van der Waals surface area (Å²) < 4.78 is 0. The molecule has 110 valence electrons. The molecule has 0 fully saturated rings. The number of anilines is 1. The lowest BCUT2D eigenvalue weighted by Gasteiger charge is -2.18. The van der Waals surface area contributed by atoms with Crippen LogP contribution in [0.5, 0.6) is 0 Å². The molecule has 1 aromatic rings. The Morgan fingerprint density at radius 3 is 2.55 bits per heavy atom. The van der Waals surface area contributed by atoms with Crippen molar-refractivity contribution in [1.29, 1.82) is 0 Å². The molecular formula is C13H16Cl2N2O3. The van der Waals surface area contributed by atoms with E-state index in [1.165, 1.54) is 0 Å². The van der Waals surface area contributed by atoms with Gasteiger partial charge in [-0.2, -0.15) is 0 Å². The quantitative estimate of drug-likeness (QED) is 0.811. The molecule has 0 radical (unpaired) electrons. The predicted octanol–water partition coefficient (Wildman–Crippen LogP) is 2.73. The van der Waals surface area contributed by atoms with Crippen molar-refractivity contribution < 1.29 is 14.7 Å². The minimum atomic E-state index is -0.881. The average molecular weight is 319 g/mol. The zero-order chi connectivity index (χ0) is 15.1. The van der Waals surface area contributed by atoms with Crippen LogP contribution < -0.4 is 5.32 Å². The van der Waals surface area contributed by atoms with Crippen LogP contribution in [-0.4, -0.2) is 41.5 Å². The average Bonchev–Trinajstić information content (AvgIpc) is 2.38. The third kappa shape index (κ3) is 5.77. The van der Waals surface area contributed by atoms with Crippen LogP contribution in [-0.2, 0) is 9.59 Å². The number of likely N-dealkylation sites (N-methyl/N-ethyl adjacent to an activating group) is 1. The van der Waals surface area contributed by atoms with Gasteiger partial charge in [0.2, 0.25) is 5.91 Å². The molecule has 0 aromatic heterocycles. The lowest BCUT2D eigenvalue weighted by atomic mass is 10.3. The van der Waals surface area contributed by atoms with Crippen molar-refractivity contribution in [3.05, 3.63) is 28.2 Å². The Morgan fingerprint density at radius 1 is 1.30 bits per heavy atom. The van der Waals surface area contributed by atoms with Gasteiger partial charge in [0.1, 0.15) is 0 Å². The van der Waals surface area contributed by atoms with Crippen molar-refractivity contribution in [3.8, 4) is 0 Å². The van der Waals surface area contributed by atoms with E-state index in [-0.39, 0.29) is 18.9 Å². The smallest absolute Gasteiger partial charge is 0.304 e. The third-order valence-corrected chi connectivity index (χ3v) is 3.40. The molecule has 0 spiro atoms. The molecule has 0 heterocycles. The molecule has 0 saturated carbocycles. The van der Waals surface area contributed by atoms with Crippen LogP contribution in [0.2, 0.25) is 10.0 Å². The van der Waals surface area contributed by atoms with E-state index in [9.17, 15) is 9.59 Å². The van der Waals surface area contributed by atoms with Gasteiger partial charge in [0.15, 0.2) is 0 Å². The van der Waals surface area contributed by atoms with Gasteiger partial charge in [0, 0.05) is 12.2 Å². The first-order chi connectivity index (χ1) is 9.42. The normalized spacial score (nSPS) is 10.6. The minimum absolute atomic E-state index is 0.00783. The molecule has 0 aliphatic carbocycles. The topological polar surface area (TPSA) is 69.6 Å². The number of hydrogen-bond acceptors (Lipinski definition) is 3. The molecule has 0 saturated heterocycles. The molecule has 1 aromatic carbocycles. The highest BCUT2D eigenvalue weighted by atomic mass is 35.5. The van der Waals surface area contributed by atoms with E-state index in [4.69, 9.17) is 28.3 Å². The van der Waals surface area contributed by atoms with Crippen LogP contribution in [0.1, 0.15) is 13.3 Å². The fourth-order valence-corrected chi connectivity index (χ4v) is 1.88.